The lowest BCUT2D eigenvalue weighted by Crippen LogP contribution is -2.51. The molecule has 9 nitrogen and oxygen atoms in total. The molecule has 4 rings (SSSR count). The van der Waals surface area contributed by atoms with Gasteiger partial charge in [-0.05, 0) is 48.8 Å². The fourth-order valence-electron chi connectivity index (χ4n) is 4.89. The van der Waals surface area contributed by atoms with Crippen LogP contribution in [0.5, 0.6) is 5.75 Å². The number of carbonyl (C=O) groups excluding carboxylic acids is 2. The number of aromatic hydroxyl groups is 1. The number of piperazine rings is 1. The van der Waals surface area contributed by atoms with Crippen LogP contribution >= 0.6 is 0 Å². The zero-order valence-electron chi connectivity index (χ0n) is 22.6. The van der Waals surface area contributed by atoms with Crippen LogP contribution in [0.3, 0.4) is 0 Å². The number of halogens is 2. The summed E-state index contributed by atoms with van der Waals surface area (Å²) in [5, 5.41) is 12.8. The van der Waals surface area contributed by atoms with Crippen molar-refractivity contribution in [2.45, 2.75) is 32.9 Å². The number of hydrogen-bond acceptors (Lipinski definition) is 6. The van der Waals surface area contributed by atoms with Crippen molar-refractivity contribution < 1.29 is 23.5 Å². The Balaban J connectivity index is 1.88. The second-order valence-electron chi connectivity index (χ2n) is 9.97. The minimum atomic E-state index is -0.908. The first kappa shape index (κ1) is 28.6. The zero-order chi connectivity index (χ0) is 29.0. The molecule has 2 N–H and O–H groups in total. The first-order chi connectivity index (χ1) is 19.2. The van der Waals surface area contributed by atoms with Gasteiger partial charge in [0.05, 0.1) is 23.2 Å². The van der Waals surface area contributed by atoms with Gasteiger partial charge >= 0.3 is 0 Å². The molecule has 1 aromatic heterocycles. The van der Waals surface area contributed by atoms with Crippen LogP contribution in [0.2, 0.25) is 0 Å². The highest BCUT2D eigenvalue weighted by molar-refractivity contribution is 6.05. The number of dihydropyridines is 1. The van der Waals surface area contributed by atoms with Gasteiger partial charge < -0.3 is 20.2 Å². The number of phenolic OH excluding ortho intramolecular Hbond substituents is 1. The van der Waals surface area contributed by atoms with E-state index in [1.165, 1.54) is 18.2 Å². The predicted octanol–water partition coefficient (Wildman–Crippen LogP) is 3.80. The second-order valence-corrected chi connectivity index (χ2v) is 9.97. The number of nitrogens with one attached hydrogen (secondary N) is 1. The van der Waals surface area contributed by atoms with Gasteiger partial charge in [0.25, 0.3) is 0 Å². The Hall–Kier alpha value is -4.41. The van der Waals surface area contributed by atoms with Gasteiger partial charge in [-0.1, -0.05) is 26.5 Å². The van der Waals surface area contributed by atoms with Crippen LogP contribution in [-0.2, 0) is 9.59 Å². The largest absolute Gasteiger partial charge is 0.507 e. The van der Waals surface area contributed by atoms with Crippen LogP contribution in [0, 0.1) is 17.6 Å². The lowest BCUT2D eigenvalue weighted by atomic mass is 9.90. The van der Waals surface area contributed by atoms with Gasteiger partial charge in [0, 0.05) is 32.4 Å². The van der Waals surface area contributed by atoms with E-state index in [0.717, 1.165) is 17.7 Å². The van der Waals surface area contributed by atoms with Gasteiger partial charge in [-0.25, -0.2) is 13.8 Å². The second kappa shape index (κ2) is 12.2. The number of rotatable bonds is 7. The van der Waals surface area contributed by atoms with Gasteiger partial charge in [0.15, 0.2) is 5.82 Å². The number of amides is 2. The third-order valence-electron chi connectivity index (χ3n) is 7.04. The van der Waals surface area contributed by atoms with E-state index in [0.29, 0.717) is 38.4 Å². The van der Waals surface area contributed by atoms with E-state index in [2.05, 4.69) is 21.9 Å². The van der Waals surface area contributed by atoms with Crippen molar-refractivity contribution in [3.63, 3.8) is 0 Å². The van der Waals surface area contributed by atoms with Crippen LogP contribution in [0.1, 0.15) is 26.3 Å². The Kier molecular flexibility index (Phi) is 8.71. The first-order valence-electron chi connectivity index (χ1n) is 13.0. The molecule has 2 aromatic rings. The van der Waals surface area contributed by atoms with Gasteiger partial charge in [-0.15, -0.1) is 0 Å². The van der Waals surface area contributed by atoms with Crippen LogP contribution in [-0.4, -0.2) is 82.5 Å². The molecule has 2 atom stereocenters. The van der Waals surface area contributed by atoms with Gasteiger partial charge in [-0.3, -0.25) is 19.6 Å². The number of phenols is 1. The van der Waals surface area contributed by atoms with E-state index >= 15 is 4.39 Å². The maximum Gasteiger partial charge on any atom is 0.246 e. The van der Waals surface area contributed by atoms with Crippen molar-refractivity contribution in [2.75, 3.05) is 31.5 Å². The summed E-state index contributed by atoms with van der Waals surface area (Å²) in [7, 11) is 0. The molecule has 0 radical (unpaired) electrons. The number of nitrogens with zero attached hydrogens (tertiary/aromatic N) is 5. The molecule has 2 aliphatic rings. The molecule has 0 aliphatic carbocycles. The SMILES string of the molecule is C=CC(=O)N1CCN(C(=NC2C(C)=CC=NC2C(C)C)c2cc(F)c(-c3c(O)cccc3F)nc2NC=O)CC1. The number of aliphatic imine (C=N–C) groups is 2. The lowest BCUT2D eigenvalue weighted by molar-refractivity contribution is -0.127. The molecule has 2 aliphatic heterocycles. The topological polar surface area (TPSA) is 110 Å². The minimum Gasteiger partial charge on any atom is -0.507 e. The van der Waals surface area contributed by atoms with Crippen molar-refractivity contribution in [2.24, 2.45) is 15.9 Å². The smallest absolute Gasteiger partial charge is 0.246 e. The minimum absolute atomic E-state index is 0.0561. The highest BCUT2D eigenvalue weighted by atomic mass is 19.1. The molecular weight excluding hydrogens is 518 g/mol. The maximum absolute atomic E-state index is 15.7. The molecule has 210 valence electrons. The highest BCUT2D eigenvalue weighted by Crippen LogP contribution is 2.35. The molecule has 11 heteroatoms. The van der Waals surface area contributed by atoms with E-state index in [1.807, 2.05) is 31.7 Å². The molecule has 1 saturated heterocycles. The third-order valence-corrected chi connectivity index (χ3v) is 7.04. The highest BCUT2D eigenvalue weighted by Gasteiger charge is 2.32. The molecule has 0 spiro atoms. The number of allylic oxidation sites excluding steroid dienone is 1. The van der Waals surface area contributed by atoms with E-state index in [-0.39, 0.29) is 35.3 Å². The van der Waals surface area contributed by atoms with Crippen molar-refractivity contribution >= 4 is 30.2 Å². The van der Waals surface area contributed by atoms with E-state index < -0.39 is 28.6 Å². The van der Waals surface area contributed by atoms with Crippen LogP contribution in [0.25, 0.3) is 11.3 Å². The van der Waals surface area contributed by atoms with E-state index in [4.69, 9.17) is 4.99 Å². The number of hydrogen-bond donors (Lipinski definition) is 2. The van der Waals surface area contributed by atoms with E-state index in [1.54, 1.807) is 11.1 Å². The molecule has 3 heterocycles. The van der Waals surface area contributed by atoms with Crippen molar-refractivity contribution in [3.05, 3.63) is 65.8 Å². The molecule has 2 amide bonds. The number of benzene rings is 1. The number of anilines is 1. The molecule has 0 saturated carbocycles. The summed E-state index contributed by atoms with van der Waals surface area (Å²) in [6.45, 7) is 11.1. The molecule has 0 bridgehead atoms. The van der Waals surface area contributed by atoms with Crippen molar-refractivity contribution in [1.82, 2.24) is 14.8 Å². The maximum atomic E-state index is 15.7. The standard InChI is InChI=1S/C29H32F2N6O3/c1-5-23(40)36-11-13-37(14-12-36)29(35-26-18(4)9-10-32-25(26)17(2)3)19-15-21(31)27(34-28(19)33-16-38)24-20(30)7-6-8-22(24)39/h5-10,15-17,25-26,39H,1,11-14H2,2-4H3,(H,33,34,38). The summed E-state index contributed by atoms with van der Waals surface area (Å²) < 4.78 is 30.3. The average molecular weight is 551 g/mol. The third kappa shape index (κ3) is 5.78. The van der Waals surface area contributed by atoms with Crippen molar-refractivity contribution in [3.8, 4) is 17.0 Å². The van der Waals surface area contributed by atoms with Crippen LogP contribution < -0.4 is 5.32 Å². The Morgan fingerprint density at radius 1 is 1.20 bits per heavy atom. The summed E-state index contributed by atoms with van der Waals surface area (Å²) in [6.07, 6.45) is 5.27. The summed E-state index contributed by atoms with van der Waals surface area (Å²) in [5.41, 5.74) is 0.258. The first-order valence-corrected chi connectivity index (χ1v) is 13.0. The molecule has 40 heavy (non-hydrogen) atoms. The number of pyridine rings is 1. The van der Waals surface area contributed by atoms with Gasteiger partial charge in [-0.2, -0.15) is 0 Å². The van der Waals surface area contributed by atoms with Crippen molar-refractivity contribution in [1.29, 1.82) is 0 Å². The van der Waals surface area contributed by atoms with E-state index in [9.17, 15) is 19.1 Å². The Bertz CT molecular complexity index is 1380. The van der Waals surface area contributed by atoms with Gasteiger partial charge in [0.2, 0.25) is 12.3 Å². The molecular formula is C29H32F2N6O3. The Labute approximate surface area is 231 Å². The zero-order valence-corrected chi connectivity index (χ0v) is 22.6. The summed E-state index contributed by atoms with van der Waals surface area (Å²) in [6, 6.07) is 4.17. The summed E-state index contributed by atoms with van der Waals surface area (Å²) in [5.74, 6) is -2.02. The average Bonchev–Trinajstić information content (AvgIpc) is 2.93. The summed E-state index contributed by atoms with van der Waals surface area (Å²) in [4.78, 5) is 41.3. The van der Waals surface area contributed by atoms with Crippen LogP contribution in [0.4, 0.5) is 14.6 Å². The molecule has 1 fully saturated rings. The Morgan fingerprint density at radius 3 is 2.52 bits per heavy atom. The number of carbonyl (C=O) groups is 2. The quantitative estimate of drug-likeness (QED) is 0.236. The molecule has 1 aromatic carbocycles. The number of aromatic nitrogens is 1. The molecule has 2 unspecified atom stereocenters. The Morgan fingerprint density at radius 2 is 1.90 bits per heavy atom. The van der Waals surface area contributed by atoms with Gasteiger partial charge in [0.1, 0.15) is 28.9 Å². The normalized spacial score (nSPS) is 19.4. The number of amidine groups is 1. The lowest BCUT2D eigenvalue weighted by Gasteiger charge is -2.37. The fraction of sp³-hybridized carbons (Fsp3) is 0.345. The summed E-state index contributed by atoms with van der Waals surface area (Å²) >= 11 is 0. The monoisotopic (exact) mass is 550 g/mol. The van der Waals surface area contributed by atoms with Crippen LogP contribution in [0.15, 0.2) is 58.6 Å². The predicted molar refractivity (Wildman–Crippen MR) is 150 cm³/mol. The fourth-order valence-corrected chi connectivity index (χ4v) is 4.89.